The van der Waals surface area contributed by atoms with Gasteiger partial charge in [-0.3, -0.25) is 4.57 Å². The van der Waals surface area contributed by atoms with Gasteiger partial charge in [-0.25, -0.2) is 0 Å². The molecule has 5 nitrogen and oxygen atoms in total. The van der Waals surface area contributed by atoms with E-state index in [1.165, 1.54) is 148 Å². The molecule has 0 aromatic rings. The highest BCUT2D eigenvalue weighted by Gasteiger charge is 2.08. The fourth-order valence-electron chi connectivity index (χ4n) is 4.94. The molecule has 0 N–H and O–H groups in total. The monoisotopic (exact) mass is 606 g/mol. The van der Waals surface area contributed by atoms with Crippen LogP contribution < -0.4 is 4.89 Å². The number of phosphoric acid groups is 1. The maximum Gasteiger partial charge on any atom is 0.267 e. The topological polar surface area (TPSA) is 58.6 Å². The third kappa shape index (κ3) is 42.3. The summed E-state index contributed by atoms with van der Waals surface area (Å²) in [7, 11) is 2.71. The Morgan fingerprint density at radius 2 is 0.683 bits per heavy atom. The van der Waals surface area contributed by atoms with Crippen molar-refractivity contribution in [3.63, 3.8) is 0 Å². The van der Waals surface area contributed by atoms with Crippen molar-refractivity contribution >= 4 is 7.82 Å². The third-order valence-corrected chi connectivity index (χ3v) is 8.67. The van der Waals surface area contributed by atoms with Crippen molar-refractivity contribution in [2.24, 2.45) is 0 Å². The summed E-state index contributed by atoms with van der Waals surface area (Å²) < 4.78 is 22.8. The molecule has 0 unspecified atom stereocenters. The van der Waals surface area contributed by atoms with Crippen LogP contribution in [-0.4, -0.2) is 45.4 Å². The lowest BCUT2D eigenvalue weighted by molar-refractivity contribution is -0.870. The Morgan fingerprint density at radius 1 is 0.439 bits per heavy atom. The quantitative estimate of drug-likeness (QED) is 0.0448. The van der Waals surface area contributed by atoms with Crippen LogP contribution in [0, 0.1) is 0 Å². The molecule has 0 aliphatic heterocycles. The minimum atomic E-state index is -4.10. The molecule has 0 atom stereocenters. The second kappa shape index (κ2) is 33.0. The normalized spacial score (nSPS) is 12.0. The van der Waals surface area contributed by atoms with E-state index in [0.717, 1.165) is 30.2 Å². The Morgan fingerprint density at radius 3 is 0.951 bits per heavy atom. The van der Waals surface area contributed by atoms with Crippen molar-refractivity contribution in [3.8, 4) is 0 Å². The number of rotatable bonds is 31. The predicted octanol–water partition coefficient (Wildman–Crippen LogP) is 11.4. The molecule has 0 amide bonds. The highest BCUT2D eigenvalue weighted by molar-refractivity contribution is 7.45. The van der Waals surface area contributed by atoms with Crippen LogP contribution in [0.15, 0.2) is 0 Å². The molecular formula is C35H76NO4P. The first kappa shape index (κ1) is 43.2. The predicted molar refractivity (Wildman–Crippen MR) is 179 cm³/mol. The summed E-state index contributed by atoms with van der Waals surface area (Å²) in [6.45, 7) is 8.60. The molecule has 0 fully saturated rings. The second-order valence-corrected chi connectivity index (χ2v) is 14.7. The number of hydrogen-bond acceptors (Lipinski definition) is 4. The van der Waals surface area contributed by atoms with Crippen LogP contribution in [0.2, 0.25) is 0 Å². The van der Waals surface area contributed by atoms with Crippen LogP contribution in [0.1, 0.15) is 188 Å². The van der Waals surface area contributed by atoms with E-state index in [-0.39, 0.29) is 13.2 Å². The van der Waals surface area contributed by atoms with Gasteiger partial charge in [0.1, 0.15) is 0 Å². The van der Waals surface area contributed by atoms with E-state index in [1.54, 1.807) is 0 Å². The van der Waals surface area contributed by atoms with Gasteiger partial charge in [0, 0.05) is 0 Å². The van der Waals surface area contributed by atoms with Gasteiger partial charge >= 0.3 is 0 Å². The van der Waals surface area contributed by atoms with Crippen molar-refractivity contribution in [3.05, 3.63) is 0 Å². The van der Waals surface area contributed by atoms with Crippen LogP contribution in [0.4, 0.5) is 0 Å². The largest absolute Gasteiger partial charge is 0.756 e. The molecular weight excluding hydrogens is 529 g/mol. The van der Waals surface area contributed by atoms with Crippen molar-refractivity contribution in [1.29, 1.82) is 0 Å². The summed E-state index contributed by atoms with van der Waals surface area (Å²) in [5.74, 6) is 0. The van der Waals surface area contributed by atoms with Gasteiger partial charge in [-0.2, -0.15) is 0 Å². The molecule has 0 saturated carbocycles. The summed E-state index contributed by atoms with van der Waals surface area (Å²) in [5, 5.41) is 0. The van der Waals surface area contributed by atoms with Crippen molar-refractivity contribution in [2.75, 3.05) is 40.9 Å². The fraction of sp³-hybridized carbons (Fsp3) is 1.00. The Labute approximate surface area is 259 Å². The van der Waals surface area contributed by atoms with E-state index in [4.69, 9.17) is 9.05 Å². The highest BCUT2D eigenvalue weighted by Crippen LogP contribution is 2.38. The van der Waals surface area contributed by atoms with Crippen LogP contribution in [0.5, 0.6) is 0 Å². The summed E-state index contributed by atoms with van der Waals surface area (Å²) in [4.78, 5) is 11.7. The van der Waals surface area contributed by atoms with Gasteiger partial charge in [0.15, 0.2) is 0 Å². The molecule has 0 aliphatic carbocycles. The number of nitrogens with zero attached hydrogens (tertiary/aromatic N) is 1. The zero-order chi connectivity index (χ0) is 30.9. The maximum atomic E-state index is 11.7. The molecule has 41 heavy (non-hydrogen) atoms. The van der Waals surface area contributed by atoms with Crippen LogP contribution in [0.25, 0.3) is 0 Å². The molecule has 0 radical (unpaired) electrons. The van der Waals surface area contributed by atoms with Gasteiger partial charge in [0.25, 0.3) is 7.82 Å². The Hall–Kier alpha value is 0.0700. The molecule has 0 aromatic carbocycles. The lowest BCUT2D eigenvalue weighted by Gasteiger charge is -2.23. The molecule has 0 rings (SSSR count). The average Bonchev–Trinajstić information content (AvgIpc) is 2.92. The molecule has 0 aliphatic rings. The van der Waals surface area contributed by atoms with Crippen LogP contribution >= 0.6 is 7.82 Å². The molecule has 0 bridgehead atoms. The standard InChI is InChI=1S/C24H51O4P.C11H26N/c1-3-5-7-9-11-13-15-17-19-21-23-27-29(25,26)28-24-22-20-18-16-14-12-10-8-6-4-2;1-5-6-7-8-9-10-11-12(2,3)4/h3-24H2,1-2H3,(H,25,26);5-11H2,1-4H3/q;+1/p-1. The first-order valence-corrected chi connectivity index (χ1v) is 19.5. The summed E-state index contributed by atoms with van der Waals surface area (Å²) in [6.07, 6.45) is 33.0. The number of phosphoric ester groups is 1. The Bertz CT molecular complexity index is 509. The summed E-state index contributed by atoms with van der Waals surface area (Å²) in [6, 6.07) is 0. The van der Waals surface area contributed by atoms with E-state index in [9.17, 15) is 9.46 Å². The SMILES string of the molecule is CCCCCCCCCCCCOP(=O)([O-])OCCCCCCCCCCCC.CCCCCCCC[N+](C)(C)C. The van der Waals surface area contributed by atoms with Gasteiger partial charge in [-0.1, -0.05) is 162 Å². The molecule has 0 heterocycles. The lowest BCUT2D eigenvalue weighted by atomic mass is 10.1. The van der Waals surface area contributed by atoms with E-state index in [0.29, 0.717) is 0 Å². The van der Waals surface area contributed by atoms with E-state index in [2.05, 4.69) is 41.9 Å². The molecule has 6 heteroatoms. The molecule has 0 saturated heterocycles. The van der Waals surface area contributed by atoms with E-state index < -0.39 is 7.82 Å². The molecule has 0 spiro atoms. The summed E-state index contributed by atoms with van der Waals surface area (Å²) in [5.41, 5.74) is 0. The van der Waals surface area contributed by atoms with Gasteiger partial charge in [0.05, 0.1) is 40.9 Å². The average molecular weight is 606 g/mol. The zero-order valence-electron chi connectivity index (χ0n) is 29.0. The van der Waals surface area contributed by atoms with Gasteiger partial charge in [-0.05, 0) is 25.7 Å². The highest BCUT2D eigenvalue weighted by atomic mass is 31.2. The van der Waals surface area contributed by atoms with Gasteiger partial charge < -0.3 is 18.4 Å². The number of hydrogen-bond donors (Lipinski definition) is 0. The van der Waals surface area contributed by atoms with E-state index >= 15 is 0 Å². The first-order valence-electron chi connectivity index (χ1n) is 18.1. The minimum absolute atomic E-state index is 0.259. The third-order valence-electron chi connectivity index (χ3n) is 7.68. The van der Waals surface area contributed by atoms with Crippen LogP contribution in [-0.2, 0) is 13.6 Å². The summed E-state index contributed by atoms with van der Waals surface area (Å²) >= 11 is 0. The van der Waals surface area contributed by atoms with Crippen molar-refractivity contribution < 1.29 is 23.0 Å². The van der Waals surface area contributed by atoms with Crippen molar-refractivity contribution in [2.45, 2.75) is 188 Å². The maximum absolute atomic E-state index is 11.7. The molecule has 0 aromatic heterocycles. The second-order valence-electron chi connectivity index (χ2n) is 13.3. The fourth-order valence-corrected chi connectivity index (χ4v) is 5.72. The zero-order valence-corrected chi connectivity index (χ0v) is 29.9. The smallest absolute Gasteiger partial charge is 0.267 e. The number of unbranched alkanes of at least 4 members (excludes halogenated alkanes) is 23. The van der Waals surface area contributed by atoms with Crippen molar-refractivity contribution in [1.82, 2.24) is 0 Å². The molecule has 250 valence electrons. The Kier molecular flexibility index (Phi) is 34.7. The minimum Gasteiger partial charge on any atom is -0.756 e. The lowest BCUT2D eigenvalue weighted by Crippen LogP contribution is -2.35. The van der Waals surface area contributed by atoms with Gasteiger partial charge in [-0.15, -0.1) is 0 Å². The van der Waals surface area contributed by atoms with Crippen LogP contribution in [0.3, 0.4) is 0 Å². The van der Waals surface area contributed by atoms with E-state index in [1.807, 2.05) is 0 Å². The Balaban J connectivity index is 0. The first-order chi connectivity index (χ1) is 19.7. The van der Waals surface area contributed by atoms with Gasteiger partial charge in [0.2, 0.25) is 0 Å². The number of quaternary nitrogens is 1.